The lowest BCUT2D eigenvalue weighted by Crippen LogP contribution is -2.04. The topological polar surface area (TPSA) is 67.9 Å². The van der Waals surface area contributed by atoms with Crippen molar-refractivity contribution in [3.8, 4) is 0 Å². The van der Waals surface area contributed by atoms with Crippen molar-refractivity contribution in [1.29, 1.82) is 0 Å². The number of aromatic amines is 1. The van der Waals surface area contributed by atoms with Crippen LogP contribution in [0, 0.1) is 0 Å². The van der Waals surface area contributed by atoms with Gasteiger partial charge in [0.05, 0.1) is 6.61 Å². The average molecular weight is 276 g/mol. The van der Waals surface area contributed by atoms with Gasteiger partial charge in [0, 0.05) is 23.2 Å². The summed E-state index contributed by atoms with van der Waals surface area (Å²) in [6, 6.07) is 3.56. The van der Waals surface area contributed by atoms with Crippen LogP contribution in [0.5, 0.6) is 0 Å². The van der Waals surface area contributed by atoms with Crippen LogP contribution in [0.4, 0.5) is 0 Å². The van der Waals surface area contributed by atoms with Gasteiger partial charge in [-0.25, -0.2) is 9.78 Å². The third-order valence-corrected chi connectivity index (χ3v) is 3.12. The molecule has 1 N–H and O–H groups in total. The number of hydrogen-bond donors (Lipinski definition) is 1. The van der Waals surface area contributed by atoms with E-state index in [2.05, 4.69) is 15.0 Å². The molecule has 0 spiro atoms. The minimum absolute atomic E-state index is 0.326. The predicted molar refractivity (Wildman–Crippen MR) is 72.4 cm³/mol. The summed E-state index contributed by atoms with van der Waals surface area (Å²) in [5.41, 5.74) is 0.927. The molecule has 5 nitrogen and oxygen atoms in total. The van der Waals surface area contributed by atoms with Crippen LogP contribution in [-0.4, -0.2) is 27.5 Å². The molecule has 0 atom stereocenters. The first-order valence-corrected chi connectivity index (χ1v) is 6.17. The monoisotopic (exact) mass is 275 g/mol. The summed E-state index contributed by atoms with van der Waals surface area (Å²) in [7, 11) is 0. The number of H-pyrrole nitrogens is 1. The Morgan fingerprint density at radius 1 is 1.42 bits per heavy atom. The zero-order valence-corrected chi connectivity index (χ0v) is 10.9. The molecule has 0 amide bonds. The number of rotatable bonds is 2. The molecule has 0 saturated heterocycles. The third kappa shape index (κ3) is 1.92. The molecular formula is C13H10ClN3O2. The van der Waals surface area contributed by atoms with Crippen molar-refractivity contribution in [3.05, 3.63) is 35.4 Å². The fourth-order valence-corrected chi connectivity index (χ4v) is 2.24. The molecule has 0 aliphatic heterocycles. The van der Waals surface area contributed by atoms with E-state index in [-0.39, 0.29) is 0 Å². The van der Waals surface area contributed by atoms with Crippen molar-refractivity contribution in [3.63, 3.8) is 0 Å². The number of nitrogens with one attached hydrogen (secondary N) is 1. The molecule has 3 heterocycles. The lowest BCUT2D eigenvalue weighted by molar-refractivity contribution is 0.0520. The van der Waals surface area contributed by atoms with E-state index in [0.29, 0.717) is 23.1 Å². The highest BCUT2D eigenvalue weighted by atomic mass is 35.5. The number of carbonyl (C=O) groups is 1. The Bertz CT molecular complexity index is 782. The number of hydrogen-bond acceptors (Lipinski definition) is 4. The Morgan fingerprint density at radius 3 is 3.05 bits per heavy atom. The van der Waals surface area contributed by atoms with Crippen molar-refractivity contribution in [2.45, 2.75) is 6.92 Å². The summed E-state index contributed by atoms with van der Waals surface area (Å²) in [6.07, 6.45) is 3.33. The SMILES string of the molecule is CCOC(=O)c1cc2c(nc(Cl)c3cnccc32)[nH]1. The van der Waals surface area contributed by atoms with E-state index in [1.165, 1.54) is 0 Å². The summed E-state index contributed by atoms with van der Waals surface area (Å²) >= 11 is 6.10. The average Bonchev–Trinajstić information content (AvgIpc) is 2.83. The summed E-state index contributed by atoms with van der Waals surface area (Å²) in [6.45, 7) is 2.09. The second kappa shape index (κ2) is 4.51. The Labute approximate surface area is 113 Å². The Morgan fingerprint density at radius 2 is 2.26 bits per heavy atom. The number of aromatic nitrogens is 3. The molecule has 0 aliphatic carbocycles. The highest BCUT2D eigenvalue weighted by molar-refractivity contribution is 6.35. The maximum absolute atomic E-state index is 11.7. The first kappa shape index (κ1) is 11.9. The maximum atomic E-state index is 11.7. The molecular weight excluding hydrogens is 266 g/mol. The van der Waals surface area contributed by atoms with E-state index in [1.54, 1.807) is 25.4 Å². The van der Waals surface area contributed by atoms with Crippen LogP contribution in [0.15, 0.2) is 24.5 Å². The smallest absolute Gasteiger partial charge is 0.354 e. The molecule has 96 valence electrons. The van der Waals surface area contributed by atoms with Crippen LogP contribution in [0.3, 0.4) is 0 Å². The van der Waals surface area contributed by atoms with Gasteiger partial charge in [-0.3, -0.25) is 4.98 Å². The lowest BCUT2D eigenvalue weighted by Gasteiger charge is -1.99. The summed E-state index contributed by atoms with van der Waals surface area (Å²) in [5.74, 6) is -0.404. The molecule has 0 radical (unpaired) electrons. The van der Waals surface area contributed by atoms with Crippen LogP contribution in [-0.2, 0) is 4.74 Å². The lowest BCUT2D eigenvalue weighted by atomic mass is 10.1. The van der Waals surface area contributed by atoms with Gasteiger partial charge < -0.3 is 9.72 Å². The maximum Gasteiger partial charge on any atom is 0.354 e. The van der Waals surface area contributed by atoms with Crippen LogP contribution >= 0.6 is 11.6 Å². The van der Waals surface area contributed by atoms with Gasteiger partial charge in [0.1, 0.15) is 16.5 Å². The standard InChI is InChI=1S/C13H10ClN3O2/c1-2-19-13(18)10-5-8-7-3-4-15-6-9(7)11(14)17-12(8)16-10/h3-6H,2H2,1H3,(H,16,17). The molecule has 6 heteroatoms. The second-order valence-corrected chi connectivity index (χ2v) is 4.35. The van der Waals surface area contributed by atoms with E-state index >= 15 is 0 Å². The number of esters is 1. The highest BCUT2D eigenvalue weighted by Crippen LogP contribution is 2.28. The van der Waals surface area contributed by atoms with Crippen molar-refractivity contribution < 1.29 is 9.53 Å². The normalized spacial score (nSPS) is 11.1. The second-order valence-electron chi connectivity index (χ2n) is 3.99. The molecule has 3 rings (SSSR count). The van der Waals surface area contributed by atoms with Gasteiger partial charge in [-0.05, 0) is 24.4 Å². The van der Waals surface area contributed by atoms with E-state index in [0.717, 1.165) is 16.2 Å². The molecule has 19 heavy (non-hydrogen) atoms. The molecule has 0 aliphatic rings. The third-order valence-electron chi connectivity index (χ3n) is 2.84. The van der Waals surface area contributed by atoms with Crippen LogP contribution in [0.2, 0.25) is 5.15 Å². The van der Waals surface area contributed by atoms with Crippen molar-refractivity contribution in [1.82, 2.24) is 15.0 Å². The number of pyridine rings is 2. The van der Waals surface area contributed by atoms with Gasteiger partial charge in [0.25, 0.3) is 0 Å². The molecule has 0 aromatic carbocycles. The Hall–Kier alpha value is -2.14. The van der Waals surface area contributed by atoms with Gasteiger partial charge in [-0.1, -0.05) is 11.6 Å². The highest BCUT2D eigenvalue weighted by Gasteiger charge is 2.14. The van der Waals surface area contributed by atoms with E-state index in [1.807, 2.05) is 6.07 Å². The molecule has 0 saturated carbocycles. The Balaban J connectivity index is 2.28. The quantitative estimate of drug-likeness (QED) is 0.577. The van der Waals surface area contributed by atoms with Gasteiger partial charge in [-0.15, -0.1) is 0 Å². The van der Waals surface area contributed by atoms with Gasteiger partial charge in [-0.2, -0.15) is 0 Å². The summed E-state index contributed by atoms with van der Waals surface area (Å²) < 4.78 is 4.96. The summed E-state index contributed by atoms with van der Waals surface area (Å²) in [5, 5.41) is 2.83. The first-order valence-electron chi connectivity index (χ1n) is 5.79. The molecule has 0 fully saturated rings. The molecule has 3 aromatic heterocycles. The fraction of sp³-hybridized carbons (Fsp3) is 0.154. The first-order chi connectivity index (χ1) is 9.20. The van der Waals surface area contributed by atoms with Gasteiger partial charge in [0.15, 0.2) is 0 Å². The predicted octanol–water partition coefficient (Wildman–Crippen LogP) is 2.94. The van der Waals surface area contributed by atoms with Crippen LogP contribution in [0.25, 0.3) is 21.8 Å². The molecule has 0 bridgehead atoms. The van der Waals surface area contributed by atoms with Crippen molar-refractivity contribution in [2.24, 2.45) is 0 Å². The minimum Gasteiger partial charge on any atom is -0.461 e. The van der Waals surface area contributed by atoms with Crippen molar-refractivity contribution in [2.75, 3.05) is 6.61 Å². The molecule has 0 unspecified atom stereocenters. The van der Waals surface area contributed by atoms with E-state index in [9.17, 15) is 4.79 Å². The fourth-order valence-electron chi connectivity index (χ4n) is 2.01. The van der Waals surface area contributed by atoms with Crippen LogP contribution < -0.4 is 0 Å². The minimum atomic E-state index is -0.404. The van der Waals surface area contributed by atoms with Gasteiger partial charge in [0.2, 0.25) is 0 Å². The number of carbonyl (C=O) groups excluding carboxylic acids is 1. The number of ether oxygens (including phenoxy) is 1. The molecule has 3 aromatic rings. The largest absolute Gasteiger partial charge is 0.461 e. The number of halogens is 1. The number of fused-ring (bicyclic) bond motifs is 3. The number of nitrogens with zero attached hydrogens (tertiary/aromatic N) is 2. The zero-order chi connectivity index (χ0) is 13.4. The Kier molecular flexibility index (Phi) is 2.83. The zero-order valence-electron chi connectivity index (χ0n) is 10.1. The van der Waals surface area contributed by atoms with E-state index < -0.39 is 5.97 Å². The van der Waals surface area contributed by atoms with Gasteiger partial charge >= 0.3 is 5.97 Å². The van der Waals surface area contributed by atoms with Crippen molar-refractivity contribution >= 4 is 39.4 Å². The van der Waals surface area contributed by atoms with E-state index in [4.69, 9.17) is 16.3 Å². The van der Waals surface area contributed by atoms with Crippen LogP contribution in [0.1, 0.15) is 17.4 Å². The summed E-state index contributed by atoms with van der Waals surface area (Å²) in [4.78, 5) is 22.9.